The van der Waals surface area contributed by atoms with Crippen molar-refractivity contribution in [1.82, 2.24) is 5.32 Å². The van der Waals surface area contributed by atoms with E-state index in [0.717, 1.165) is 30.9 Å². The lowest BCUT2D eigenvalue weighted by molar-refractivity contribution is 0.252. The summed E-state index contributed by atoms with van der Waals surface area (Å²) in [5.74, 6) is 0. The lowest BCUT2D eigenvalue weighted by Crippen LogP contribution is -2.27. The Labute approximate surface area is 128 Å². The standard InChI is InChI=1S/C16H19N3OS/c1-2-14-6-7-15(21-14)11-18-12-4-3-5-13(10-12)19-9-8-17-16(19)20/h3-7,10,18H,2,8-9,11H2,1H3,(H,17,20). The minimum Gasteiger partial charge on any atom is -0.380 e. The first-order valence-corrected chi connectivity index (χ1v) is 8.05. The highest BCUT2D eigenvalue weighted by Gasteiger charge is 2.20. The van der Waals surface area contributed by atoms with Gasteiger partial charge in [0.2, 0.25) is 0 Å². The average Bonchev–Trinajstić information content (AvgIpc) is 3.14. The minimum atomic E-state index is -0.0157. The molecule has 0 bridgehead atoms. The van der Waals surface area contributed by atoms with E-state index in [1.807, 2.05) is 35.6 Å². The van der Waals surface area contributed by atoms with Crippen molar-refractivity contribution in [2.45, 2.75) is 19.9 Å². The van der Waals surface area contributed by atoms with Crippen molar-refractivity contribution in [3.05, 3.63) is 46.2 Å². The van der Waals surface area contributed by atoms with Crippen molar-refractivity contribution in [3.63, 3.8) is 0 Å². The molecule has 110 valence electrons. The second kappa shape index (κ2) is 6.18. The molecule has 1 saturated heterocycles. The van der Waals surface area contributed by atoms with Crippen LogP contribution in [-0.2, 0) is 13.0 Å². The second-order valence-electron chi connectivity index (χ2n) is 5.01. The van der Waals surface area contributed by atoms with E-state index >= 15 is 0 Å². The van der Waals surface area contributed by atoms with E-state index in [-0.39, 0.29) is 6.03 Å². The van der Waals surface area contributed by atoms with Crippen molar-refractivity contribution >= 4 is 28.7 Å². The molecule has 0 aliphatic carbocycles. The smallest absolute Gasteiger partial charge is 0.321 e. The van der Waals surface area contributed by atoms with Gasteiger partial charge in [-0.15, -0.1) is 11.3 Å². The summed E-state index contributed by atoms with van der Waals surface area (Å²) >= 11 is 1.84. The summed E-state index contributed by atoms with van der Waals surface area (Å²) in [6.07, 6.45) is 1.09. The van der Waals surface area contributed by atoms with Gasteiger partial charge in [0.05, 0.1) is 0 Å². The summed E-state index contributed by atoms with van der Waals surface area (Å²) in [7, 11) is 0. The fourth-order valence-corrected chi connectivity index (χ4v) is 3.30. The predicted molar refractivity (Wildman–Crippen MR) is 88.2 cm³/mol. The Morgan fingerprint density at radius 1 is 1.29 bits per heavy atom. The zero-order valence-electron chi connectivity index (χ0n) is 12.1. The Balaban J connectivity index is 1.67. The van der Waals surface area contributed by atoms with Crippen LogP contribution in [0.2, 0.25) is 0 Å². The first-order chi connectivity index (χ1) is 10.3. The molecule has 1 aliphatic heterocycles. The van der Waals surface area contributed by atoms with Gasteiger partial charge in [-0.1, -0.05) is 13.0 Å². The molecule has 0 radical (unpaired) electrons. The first kappa shape index (κ1) is 13.9. The second-order valence-corrected chi connectivity index (χ2v) is 6.26. The highest BCUT2D eigenvalue weighted by atomic mass is 32.1. The monoisotopic (exact) mass is 301 g/mol. The SMILES string of the molecule is CCc1ccc(CNc2cccc(N3CCNC3=O)c2)s1. The molecule has 0 spiro atoms. The number of nitrogens with zero attached hydrogens (tertiary/aromatic N) is 1. The number of urea groups is 1. The van der Waals surface area contributed by atoms with Crippen molar-refractivity contribution < 1.29 is 4.79 Å². The molecule has 1 fully saturated rings. The molecule has 2 amide bonds. The predicted octanol–water partition coefficient (Wildman–Crippen LogP) is 3.45. The van der Waals surface area contributed by atoms with E-state index in [1.165, 1.54) is 9.75 Å². The third kappa shape index (κ3) is 3.19. The maximum atomic E-state index is 11.7. The molecule has 4 nitrogen and oxygen atoms in total. The van der Waals surface area contributed by atoms with Crippen LogP contribution in [0.1, 0.15) is 16.7 Å². The highest BCUT2D eigenvalue weighted by molar-refractivity contribution is 7.12. The molecule has 2 heterocycles. The molecule has 5 heteroatoms. The number of rotatable bonds is 5. The number of benzene rings is 1. The molecule has 0 unspecified atom stereocenters. The van der Waals surface area contributed by atoms with Gasteiger partial charge in [0.1, 0.15) is 0 Å². The zero-order valence-corrected chi connectivity index (χ0v) is 12.9. The van der Waals surface area contributed by atoms with Crippen LogP contribution in [0.4, 0.5) is 16.2 Å². The number of anilines is 2. The largest absolute Gasteiger partial charge is 0.380 e. The number of nitrogens with one attached hydrogen (secondary N) is 2. The van der Waals surface area contributed by atoms with Crippen molar-refractivity contribution in [1.29, 1.82) is 0 Å². The van der Waals surface area contributed by atoms with E-state index in [1.54, 1.807) is 4.90 Å². The van der Waals surface area contributed by atoms with E-state index in [2.05, 4.69) is 29.7 Å². The van der Waals surface area contributed by atoms with Gasteiger partial charge in [-0.2, -0.15) is 0 Å². The van der Waals surface area contributed by atoms with Crippen LogP contribution >= 0.6 is 11.3 Å². The molecule has 0 saturated carbocycles. The van der Waals surface area contributed by atoms with Crippen LogP contribution in [0.3, 0.4) is 0 Å². The lowest BCUT2D eigenvalue weighted by atomic mass is 10.2. The van der Waals surface area contributed by atoms with Crippen LogP contribution in [0.25, 0.3) is 0 Å². The number of hydrogen-bond donors (Lipinski definition) is 2. The fraction of sp³-hybridized carbons (Fsp3) is 0.312. The van der Waals surface area contributed by atoms with E-state index in [9.17, 15) is 4.79 Å². The average molecular weight is 301 g/mol. The fourth-order valence-electron chi connectivity index (χ4n) is 2.40. The Morgan fingerprint density at radius 3 is 2.86 bits per heavy atom. The number of aryl methyl sites for hydroxylation is 1. The van der Waals surface area contributed by atoms with E-state index in [0.29, 0.717) is 6.54 Å². The van der Waals surface area contributed by atoms with Crippen LogP contribution in [0.15, 0.2) is 36.4 Å². The maximum Gasteiger partial charge on any atom is 0.321 e. The van der Waals surface area contributed by atoms with Gasteiger partial charge in [-0.3, -0.25) is 4.90 Å². The van der Waals surface area contributed by atoms with Gasteiger partial charge < -0.3 is 10.6 Å². The lowest BCUT2D eigenvalue weighted by Gasteiger charge is -2.15. The van der Waals surface area contributed by atoms with Crippen molar-refractivity contribution in [3.8, 4) is 0 Å². The zero-order chi connectivity index (χ0) is 14.7. The molecular formula is C16H19N3OS. The minimum absolute atomic E-state index is 0.0157. The van der Waals surface area contributed by atoms with Gasteiger partial charge in [0.15, 0.2) is 0 Å². The molecule has 1 aromatic heterocycles. The van der Waals surface area contributed by atoms with Crippen LogP contribution in [0, 0.1) is 0 Å². The first-order valence-electron chi connectivity index (χ1n) is 7.23. The maximum absolute atomic E-state index is 11.7. The van der Waals surface area contributed by atoms with Crippen molar-refractivity contribution in [2.75, 3.05) is 23.3 Å². The Hall–Kier alpha value is -2.01. The van der Waals surface area contributed by atoms with E-state index in [4.69, 9.17) is 0 Å². The molecule has 2 N–H and O–H groups in total. The van der Waals surface area contributed by atoms with Gasteiger partial charge in [0, 0.05) is 40.8 Å². The molecule has 3 rings (SSSR count). The molecule has 21 heavy (non-hydrogen) atoms. The van der Waals surface area contributed by atoms with Crippen LogP contribution < -0.4 is 15.5 Å². The van der Waals surface area contributed by atoms with Crippen molar-refractivity contribution in [2.24, 2.45) is 0 Å². The Kier molecular flexibility index (Phi) is 4.10. The topological polar surface area (TPSA) is 44.4 Å². The number of hydrogen-bond acceptors (Lipinski definition) is 3. The van der Waals surface area contributed by atoms with E-state index < -0.39 is 0 Å². The summed E-state index contributed by atoms with van der Waals surface area (Å²) in [4.78, 5) is 16.2. The summed E-state index contributed by atoms with van der Waals surface area (Å²) in [6.45, 7) is 4.44. The summed E-state index contributed by atoms with van der Waals surface area (Å²) in [6, 6.07) is 12.4. The summed E-state index contributed by atoms with van der Waals surface area (Å²) < 4.78 is 0. The quantitative estimate of drug-likeness (QED) is 0.888. The molecule has 1 aromatic carbocycles. The summed E-state index contributed by atoms with van der Waals surface area (Å²) in [5, 5.41) is 6.25. The number of carbonyl (C=O) groups is 1. The Morgan fingerprint density at radius 2 is 2.14 bits per heavy atom. The highest BCUT2D eigenvalue weighted by Crippen LogP contribution is 2.23. The van der Waals surface area contributed by atoms with Gasteiger partial charge in [0.25, 0.3) is 0 Å². The third-order valence-electron chi connectivity index (χ3n) is 3.55. The normalized spacial score (nSPS) is 14.3. The number of thiophene rings is 1. The van der Waals surface area contributed by atoms with Gasteiger partial charge in [-0.05, 0) is 36.8 Å². The van der Waals surface area contributed by atoms with Gasteiger partial charge >= 0.3 is 6.03 Å². The summed E-state index contributed by atoms with van der Waals surface area (Å²) in [5.41, 5.74) is 1.98. The van der Waals surface area contributed by atoms with Crippen LogP contribution in [0.5, 0.6) is 0 Å². The molecular weight excluding hydrogens is 282 g/mol. The number of carbonyl (C=O) groups excluding carboxylic acids is 1. The molecule has 1 aliphatic rings. The molecule has 2 aromatic rings. The van der Waals surface area contributed by atoms with Crippen LogP contribution in [-0.4, -0.2) is 19.1 Å². The molecule has 0 atom stereocenters. The van der Waals surface area contributed by atoms with Gasteiger partial charge in [-0.25, -0.2) is 4.79 Å². The Bertz CT molecular complexity index is 638. The third-order valence-corrected chi connectivity index (χ3v) is 4.78. The number of amides is 2.